The zero-order valence-corrected chi connectivity index (χ0v) is 12.7. The fourth-order valence-corrected chi connectivity index (χ4v) is 2.97. The number of aryl methyl sites for hydroxylation is 1. The summed E-state index contributed by atoms with van der Waals surface area (Å²) in [7, 11) is 0. The molecule has 0 aromatic carbocycles. The van der Waals surface area contributed by atoms with Crippen LogP contribution in [0.15, 0.2) is 4.79 Å². The zero-order chi connectivity index (χ0) is 15.6. The van der Waals surface area contributed by atoms with Crippen molar-refractivity contribution in [2.75, 3.05) is 46.0 Å². The van der Waals surface area contributed by atoms with Crippen LogP contribution in [0.5, 0.6) is 0 Å². The molecule has 0 radical (unpaired) electrons. The van der Waals surface area contributed by atoms with Gasteiger partial charge >= 0.3 is 0 Å². The Morgan fingerprint density at radius 3 is 3.00 bits per heavy atom. The fraction of sp³-hybridized carbons (Fsp3) is 0.714. The molecule has 2 aliphatic rings. The smallest absolute Gasteiger partial charge is 0.267 e. The minimum Gasteiger partial charge on any atom is -0.377 e. The Bertz CT molecular complexity index is 586. The number of H-pyrrole nitrogens is 2. The predicted octanol–water partition coefficient (Wildman–Crippen LogP) is -1.23. The number of hydrogen-bond donors (Lipinski definition) is 3. The Morgan fingerprint density at radius 2 is 2.23 bits per heavy atom. The van der Waals surface area contributed by atoms with Crippen molar-refractivity contribution in [1.29, 1.82) is 0 Å². The third kappa shape index (κ3) is 3.08. The van der Waals surface area contributed by atoms with Gasteiger partial charge in [-0.05, 0) is 6.92 Å². The van der Waals surface area contributed by atoms with Gasteiger partial charge in [-0.2, -0.15) is 0 Å². The molecule has 0 saturated carbocycles. The molecule has 1 amide bonds. The molecule has 22 heavy (non-hydrogen) atoms. The number of morpholine rings is 1. The Morgan fingerprint density at radius 1 is 1.36 bits per heavy atom. The van der Waals surface area contributed by atoms with Crippen molar-refractivity contribution < 1.29 is 14.3 Å². The van der Waals surface area contributed by atoms with Crippen LogP contribution in [-0.2, 0) is 20.7 Å². The van der Waals surface area contributed by atoms with Gasteiger partial charge in [0.15, 0.2) is 0 Å². The molecule has 2 saturated heterocycles. The first-order valence-corrected chi connectivity index (χ1v) is 7.56. The number of hydrogen-bond acceptors (Lipinski definition) is 5. The van der Waals surface area contributed by atoms with Crippen LogP contribution >= 0.6 is 0 Å². The first kappa shape index (κ1) is 15.3. The average Bonchev–Trinajstić information content (AvgIpc) is 2.71. The van der Waals surface area contributed by atoms with Gasteiger partial charge in [0.1, 0.15) is 5.60 Å². The monoisotopic (exact) mass is 310 g/mol. The lowest BCUT2D eigenvalue weighted by Gasteiger charge is -2.41. The molecule has 1 spiro atoms. The van der Waals surface area contributed by atoms with E-state index < -0.39 is 5.60 Å². The summed E-state index contributed by atoms with van der Waals surface area (Å²) in [6.45, 7) is 5.88. The van der Waals surface area contributed by atoms with E-state index in [9.17, 15) is 9.59 Å². The molecule has 8 nitrogen and oxygen atoms in total. The Labute approximate surface area is 128 Å². The number of nitrogens with one attached hydrogen (secondary N) is 3. The topological polar surface area (TPSA) is 99.5 Å². The molecule has 1 atom stereocenters. The maximum atomic E-state index is 12.5. The lowest BCUT2D eigenvalue weighted by Crippen LogP contribution is -2.59. The Hall–Kier alpha value is -1.64. The van der Waals surface area contributed by atoms with Gasteiger partial charge in [-0.15, -0.1) is 0 Å². The summed E-state index contributed by atoms with van der Waals surface area (Å²) in [5, 5.41) is 8.53. The highest BCUT2D eigenvalue weighted by molar-refractivity contribution is 5.79. The number of nitrogens with zero attached hydrogens (tertiary/aromatic N) is 1. The quantitative estimate of drug-likeness (QED) is 0.635. The van der Waals surface area contributed by atoms with Gasteiger partial charge in [-0.1, -0.05) is 0 Å². The molecule has 2 fully saturated rings. The van der Waals surface area contributed by atoms with Crippen molar-refractivity contribution in [2.24, 2.45) is 0 Å². The Kier molecular flexibility index (Phi) is 4.32. The van der Waals surface area contributed by atoms with Crippen molar-refractivity contribution >= 4 is 5.91 Å². The van der Waals surface area contributed by atoms with Crippen LogP contribution in [-0.4, -0.2) is 72.6 Å². The summed E-state index contributed by atoms with van der Waals surface area (Å²) in [6.07, 6.45) is 0.106. The number of carbonyl (C=O) groups is 1. The van der Waals surface area contributed by atoms with E-state index in [1.165, 1.54) is 0 Å². The molecule has 122 valence electrons. The molecule has 0 unspecified atom stereocenters. The number of ether oxygens (including phenoxy) is 2. The van der Waals surface area contributed by atoms with E-state index >= 15 is 0 Å². The molecule has 3 N–H and O–H groups in total. The highest BCUT2D eigenvalue weighted by atomic mass is 16.5. The first-order chi connectivity index (χ1) is 10.6. The summed E-state index contributed by atoms with van der Waals surface area (Å²) in [6, 6.07) is 0. The molecular formula is C14H22N4O4. The van der Waals surface area contributed by atoms with E-state index in [-0.39, 0.29) is 17.9 Å². The van der Waals surface area contributed by atoms with Gasteiger partial charge in [0.05, 0.1) is 32.8 Å². The number of carbonyl (C=O) groups excluding carboxylic acids is 1. The molecule has 3 rings (SSSR count). The highest BCUT2D eigenvalue weighted by Crippen LogP contribution is 2.20. The van der Waals surface area contributed by atoms with Crippen LogP contribution in [0.25, 0.3) is 0 Å². The normalized spacial score (nSPS) is 26.1. The molecule has 1 aromatic rings. The van der Waals surface area contributed by atoms with Gasteiger partial charge < -0.3 is 24.8 Å². The second-order valence-electron chi connectivity index (χ2n) is 5.94. The SMILES string of the molecule is Cc1[nH][nH]c(=O)c1CC(=O)N1CCO[C@]2(CNCCOC2)C1. The summed E-state index contributed by atoms with van der Waals surface area (Å²) in [5.74, 6) is -0.0554. The number of aromatic nitrogens is 2. The third-order valence-electron chi connectivity index (χ3n) is 4.25. The van der Waals surface area contributed by atoms with Crippen molar-refractivity contribution in [3.05, 3.63) is 21.6 Å². The van der Waals surface area contributed by atoms with E-state index in [0.29, 0.717) is 50.7 Å². The second-order valence-corrected chi connectivity index (χ2v) is 5.94. The van der Waals surface area contributed by atoms with E-state index in [4.69, 9.17) is 9.47 Å². The number of rotatable bonds is 2. The molecule has 1 aromatic heterocycles. The number of amides is 1. The van der Waals surface area contributed by atoms with Crippen LogP contribution in [0.3, 0.4) is 0 Å². The zero-order valence-electron chi connectivity index (χ0n) is 12.7. The van der Waals surface area contributed by atoms with Crippen molar-refractivity contribution in [3.8, 4) is 0 Å². The van der Waals surface area contributed by atoms with Gasteiger partial charge in [0, 0.05) is 30.9 Å². The Balaban J connectivity index is 1.69. The van der Waals surface area contributed by atoms with E-state index in [2.05, 4.69) is 15.5 Å². The average molecular weight is 310 g/mol. The molecular weight excluding hydrogens is 288 g/mol. The van der Waals surface area contributed by atoms with Gasteiger partial charge in [0.25, 0.3) is 5.56 Å². The minimum absolute atomic E-state index is 0.0554. The molecule has 0 aliphatic carbocycles. The van der Waals surface area contributed by atoms with Crippen molar-refractivity contribution in [3.63, 3.8) is 0 Å². The largest absolute Gasteiger partial charge is 0.377 e. The lowest BCUT2D eigenvalue weighted by molar-refractivity contribution is -0.157. The van der Waals surface area contributed by atoms with Crippen LogP contribution in [0.4, 0.5) is 0 Å². The van der Waals surface area contributed by atoms with Crippen LogP contribution in [0, 0.1) is 6.92 Å². The molecule has 0 bridgehead atoms. The van der Waals surface area contributed by atoms with Gasteiger partial charge in [0.2, 0.25) is 5.91 Å². The minimum atomic E-state index is -0.482. The maximum Gasteiger partial charge on any atom is 0.267 e. The number of aromatic amines is 2. The molecule has 8 heteroatoms. The van der Waals surface area contributed by atoms with E-state index in [1.807, 2.05) is 0 Å². The summed E-state index contributed by atoms with van der Waals surface area (Å²) >= 11 is 0. The summed E-state index contributed by atoms with van der Waals surface area (Å²) in [4.78, 5) is 26.0. The standard InChI is InChI=1S/C14H22N4O4/c1-10-11(13(20)17-16-10)6-12(19)18-3-5-22-14(8-18)7-15-2-4-21-9-14/h15H,2-9H2,1H3,(H2,16,17,20)/t14-/m1/s1. The van der Waals surface area contributed by atoms with Crippen molar-refractivity contribution in [2.45, 2.75) is 18.9 Å². The van der Waals surface area contributed by atoms with Crippen LogP contribution < -0.4 is 10.9 Å². The lowest BCUT2D eigenvalue weighted by atomic mass is 10.0. The second kappa shape index (κ2) is 6.23. The molecule has 3 heterocycles. The van der Waals surface area contributed by atoms with Gasteiger partial charge in [-0.25, -0.2) is 0 Å². The van der Waals surface area contributed by atoms with Crippen molar-refractivity contribution in [1.82, 2.24) is 20.4 Å². The highest BCUT2D eigenvalue weighted by Gasteiger charge is 2.39. The predicted molar refractivity (Wildman–Crippen MR) is 78.8 cm³/mol. The summed E-state index contributed by atoms with van der Waals surface area (Å²) < 4.78 is 11.5. The van der Waals surface area contributed by atoms with Crippen LogP contribution in [0.2, 0.25) is 0 Å². The van der Waals surface area contributed by atoms with E-state index in [1.54, 1.807) is 11.8 Å². The molecule has 2 aliphatic heterocycles. The first-order valence-electron chi connectivity index (χ1n) is 7.56. The fourth-order valence-electron chi connectivity index (χ4n) is 2.97. The summed E-state index contributed by atoms with van der Waals surface area (Å²) in [5.41, 5.74) is 0.499. The maximum absolute atomic E-state index is 12.5. The van der Waals surface area contributed by atoms with E-state index in [0.717, 1.165) is 6.54 Å². The van der Waals surface area contributed by atoms with Crippen LogP contribution in [0.1, 0.15) is 11.3 Å². The third-order valence-corrected chi connectivity index (χ3v) is 4.25. The van der Waals surface area contributed by atoms with Gasteiger partial charge in [-0.3, -0.25) is 14.7 Å².